The maximum atomic E-state index is 12.9. The highest BCUT2D eigenvalue weighted by atomic mass is 32.2. The van der Waals surface area contributed by atoms with Crippen molar-refractivity contribution in [2.24, 2.45) is 5.41 Å². The summed E-state index contributed by atoms with van der Waals surface area (Å²) in [7, 11) is 1.33. The fraction of sp³-hybridized carbons (Fsp3) is 0.529. The number of cyclic esters (lactones) is 2. The van der Waals surface area contributed by atoms with Gasteiger partial charge in [0.2, 0.25) is 5.41 Å². The van der Waals surface area contributed by atoms with Gasteiger partial charge in [0.05, 0.1) is 11.9 Å². The molecule has 0 aliphatic carbocycles. The Balaban J connectivity index is 2.01. The van der Waals surface area contributed by atoms with Crippen LogP contribution in [0.2, 0.25) is 0 Å². The quantitative estimate of drug-likeness (QED) is 0.631. The molecule has 8 heteroatoms. The summed E-state index contributed by atoms with van der Waals surface area (Å²) in [4.78, 5) is 26.5. The van der Waals surface area contributed by atoms with Crippen LogP contribution >= 0.6 is 11.8 Å². The van der Waals surface area contributed by atoms with E-state index in [9.17, 15) is 14.7 Å². The molecule has 0 saturated carbocycles. The summed E-state index contributed by atoms with van der Waals surface area (Å²) >= 11 is 1.25. The third kappa shape index (κ3) is 3.03. The van der Waals surface area contributed by atoms with E-state index in [1.54, 1.807) is 0 Å². The van der Waals surface area contributed by atoms with Gasteiger partial charge in [-0.25, -0.2) is 0 Å². The SMILES string of the molecule is CO[C@@H]1OC[C@@H](Sc2ccccc2)C2(C(=O)OC(C)(C)OC2=O)[C@H]1O. The lowest BCUT2D eigenvalue weighted by Gasteiger charge is -2.49. The number of esters is 2. The second-order valence-corrected chi connectivity index (χ2v) is 7.63. The first-order valence-corrected chi connectivity index (χ1v) is 8.70. The van der Waals surface area contributed by atoms with E-state index in [-0.39, 0.29) is 6.61 Å². The number of methoxy groups -OCH3 is 1. The van der Waals surface area contributed by atoms with Crippen molar-refractivity contribution in [1.82, 2.24) is 0 Å². The number of thioether (sulfide) groups is 1. The maximum Gasteiger partial charge on any atom is 0.330 e. The normalized spacial score (nSPS) is 30.6. The lowest BCUT2D eigenvalue weighted by Crippen LogP contribution is -2.69. The van der Waals surface area contributed by atoms with Crippen LogP contribution in [0.4, 0.5) is 0 Å². The number of aliphatic hydroxyl groups is 1. The zero-order valence-electron chi connectivity index (χ0n) is 14.1. The number of hydrogen-bond donors (Lipinski definition) is 1. The third-order valence-electron chi connectivity index (χ3n) is 4.25. The molecule has 1 aromatic rings. The first-order chi connectivity index (χ1) is 11.8. The van der Waals surface area contributed by atoms with Crippen LogP contribution < -0.4 is 0 Å². The number of carbonyl (C=O) groups excluding carboxylic acids is 2. The largest absolute Gasteiger partial charge is 0.422 e. The van der Waals surface area contributed by atoms with Gasteiger partial charge in [0.1, 0.15) is 6.10 Å². The van der Waals surface area contributed by atoms with Crippen LogP contribution in [0.25, 0.3) is 0 Å². The molecule has 2 saturated heterocycles. The molecule has 7 nitrogen and oxygen atoms in total. The van der Waals surface area contributed by atoms with Gasteiger partial charge in [0.15, 0.2) is 6.29 Å². The Kier molecular flexibility index (Phi) is 4.80. The zero-order chi connectivity index (χ0) is 18.2. The van der Waals surface area contributed by atoms with E-state index in [1.165, 1.54) is 32.7 Å². The molecule has 3 atom stereocenters. The molecule has 3 rings (SSSR count). The lowest BCUT2D eigenvalue weighted by atomic mass is 9.75. The highest BCUT2D eigenvalue weighted by molar-refractivity contribution is 8.00. The Morgan fingerprint density at radius 1 is 1.16 bits per heavy atom. The van der Waals surface area contributed by atoms with Gasteiger partial charge < -0.3 is 24.1 Å². The number of rotatable bonds is 3. The van der Waals surface area contributed by atoms with Crippen molar-refractivity contribution in [2.75, 3.05) is 13.7 Å². The van der Waals surface area contributed by atoms with E-state index in [0.717, 1.165) is 4.90 Å². The molecular formula is C17H20O7S. The Hall–Kier alpha value is -1.61. The molecular weight excluding hydrogens is 348 g/mol. The van der Waals surface area contributed by atoms with Crippen LogP contribution in [-0.4, -0.2) is 54.2 Å². The van der Waals surface area contributed by atoms with Crippen molar-refractivity contribution < 1.29 is 33.6 Å². The molecule has 2 aliphatic rings. The Morgan fingerprint density at radius 2 is 1.76 bits per heavy atom. The van der Waals surface area contributed by atoms with Gasteiger partial charge in [0, 0.05) is 25.9 Å². The van der Waals surface area contributed by atoms with E-state index in [4.69, 9.17) is 18.9 Å². The molecule has 2 heterocycles. The summed E-state index contributed by atoms with van der Waals surface area (Å²) in [5.41, 5.74) is -1.92. The van der Waals surface area contributed by atoms with E-state index >= 15 is 0 Å². The van der Waals surface area contributed by atoms with Crippen LogP contribution in [-0.2, 0) is 28.5 Å². The van der Waals surface area contributed by atoms with Crippen LogP contribution in [0.5, 0.6) is 0 Å². The van der Waals surface area contributed by atoms with Crippen LogP contribution in [0.15, 0.2) is 35.2 Å². The second-order valence-electron chi connectivity index (χ2n) is 6.35. The first-order valence-electron chi connectivity index (χ1n) is 7.82. The molecule has 0 bridgehead atoms. The van der Waals surface area contributed by atoms with Crippen LogP contribution in [0.1, 0.15) is 13.8 Å². The Morgan fingerprint density at radius 3 is 2.32 bits per heavy atom. The lowest BCUT2D eigenvalue weighted by molar-refractivity contribution is -0.288. The van der Waals surface area contributed by atoms with Gasteiger partial charge in [-0.05, 0) is 12.1 Å². The molecule has 136 valence electrons. The van der Waals surface area contributed by atoms with Gasteiger partial charge in [-0.1, -0.05) is 18.2 Å². The predicted octanol–water partition coefficient (Wildman–Crippen LogP) is 1.33. The first kappa shape index (κ1) is 18.2. The molecule has 1 aromatic carbocycles. The van der Waals surface area contributed by atoms with Crippen molar-refractivity contribution in [3.63, 3.8) is 0 Å². The van der Waals surface area contributed by atoms with E-state index < -0.39 is 40.8 Å². The third-order valence-corrected chi connectivity index (χ3v) is 5.59. The zero-order valence-corrected chi connectivity index (χ0v) is 14.9. The molecule has 0 unspecified atom stereocenters. The molecule has 0 amide bonds. The monoisotopic (exact) mass is 368 g/mol. The number of ether oxygens (including phenoxy) is 4. The average Bonchev–Trinajstić information content (AvgIpc) is 2.54. The number of benzene rings is 1. The van der Waals surface area contributed by atoms with Gasteiger partial charge in [-0.3, -0.25) is 9.59 Å². The highest BCUT2D eigenvalue weighted by Crippen LogP contribution is 2.48. The summed E-state index contributed by atoms with van der Waals surface area (Å²) in [6.45, 7) is 2.95. The van der Waals surface area contributed by atoms with Crippen LogP contribution in [0.3, 0.4) is 0 Å². The summed E-state index contributed by atoms with van der Waals surface area (Å²) in [6, 6.07) is 9.23. The summed E-state index contributed by atoms with van der Waals surface area (Å²) in [5.74, 6) is -3.05. The van der Waals surface area contributed by atoms with Gasteiger partial charge in [-0.2, -0.15) is 0 Å². The molecule has 2 fully saturated rings. The average molecular weight is 368 g/mol. The van der Waals surface area contributed by atoms with Crippen molar-refractivity contribution >= 4 is 23.7 Å². The highest BCUT2D eigenvalue weighted by Gasteiger charge is 2.69. The fourth-order valence-corrected chi connectivity index (χ4v) is 4.33. The van der Waals surface area contributed by atoms with E-state index in [1.807, 2.05) is 30.3 Å². The standard InChI is InChI=1S/C17H20O7S/c1-16(2)23-14(19)17(15(20)24-16)11(9-22-13(21-3)12(17)18)25-10-7-5-4-6-8-10/h4-8,11-13,18H,9H2,1-3H3/t11-,12+,13-/m1/s1. The number of carbonyl (C=O) groups is 2. The van der Waals surface area contributed by atoms with Gasteiger partial charge in [-0.15, -0.1) is 11.8 Å². The van der Waals surface area contributed by atoms with Gasteiger partial charge >= 0.3 is 11.9 Å². The Labute approximate surface area is 149 Å². The van der Waals surface area contributed by atoms with Gasteiger partial charge in [0.25, 0.3) is 5.79 Å². The Bertz CT molecular complexity index is 640. The van der Waals surface area contributed by atoms with Crippen molar-refractivity contribution in [2.45, 2.75) is 42.2 Å². The molecule has 0 aromatic heterocycles. The predicted molar refractivity (Wildman–Crippen MR) is 87.5 cm³/mol. The van der Waals surface area contributed by atoms with Crippen LogP contribution in [0, 0.1) is 5.41 Å². The minimum Gasteiger partial charge on any atom is -0.422 e. The summed E-state index contributed by atoms with van der Waals surface area (Å²) < 4.78 is 21.2. The van der Waals surface area contributed by atoms with E-state index in [2.05, 4.69) is 0 Å². The minimum absolute atomic E-state index is 0.0136. The number of hydrogen-bond acceptors (Lipinski definition) is 8. The van der Waals surface area contributed by atoms with Crippen molar-refractivity contribution in [3.05, 3.63) is 30.3 Å². The topological polar surface area (TPSA) is 91.3 Å². The van der Waals surface area contributed by atoms with E-state index in [0.29, 0.717) is 0 Å². The molecule has 0 radical (unpaired) electrons. The minimum atomic E-state index is -1.92. The summed E-state index contributed by atoms with van der Waals surface area (Å²) in [6.07, 6.45) is -2.68. The molecule has 2 aliphatic heterocycles. The molecule has 1 N–H and O–H groups in total. The molecule has 25 heavy (non-hydrogen) atoms. The smallest absolute Gasteiger partial charge is 0.330 e. The summed E-state index contributed by atoms with van der Waals surface area (Å²) in [5, 5.41) is 10.0. The molecule has 1 spiro atoms. The number of aliphatic hydroxyl groups excluding tert-OH is 1. The fourth-order valence-electron chi connectivity index (χ4n) is 3.02. The maximum absolute atomic E-state index is 12.9. The second kappa shape index (κ2) is 6.60. The van der Waals surface area contributed by atoms with Crippen molar-refractivity contribution in [1.29, 1.82) is 0 Å². The van der Waals surface area contributed by atoms with Crippen molar-refractivity contribution in [3.8, 4) is 0 Å².